The van der Waals surface area contributed by atoms with Crippen molar-refractivity contribution in [2.75, 3.05) is 6.61 Å². The van der Waals surface area contributed by atoms with E-state index >= 15 is 0 Å². The van der Waals surface area contributed by atoms with E-state index in [0.29, 0.717) is 13.0 Å². The third kappa shape index (κ3) is 1.63. The summed E-state index contributed by atoms with van der Waals surface area (Å²) in [5.74, 6) is -0.191. The van der Waals surface area contributed by atoms with Gasteiger partial charge in [0, 0.05) is 25.0 Å². The Hall–Kier alpha value is -1.36. The van der Waals surface area contributed by atoms with Gasteiger partial charge >= 0.3 is 5.97 Å². The van der Waals surface area contributed by atoms with E-state index < -0.39 is 0 Å². The van der Waals surface area contributed by atoms with Crippen molar-refractivity contribution in [3.63, 3.8) is 0 Å². The lowest BCUT2D eigenvalue weighted by molar-refractivity contribution is -0.145. The molecule has 1 saturated heterocycles. The maximum atomic E-state index is 11.4. The summed E-state index contributed by atoms with van der Waals surface area (Å²) in [4.78, 5) is 15.4. The van der Waals surface area contributed by atoms with Crippen molar-refractivity contribution in [3.05, 3.63) is 12.4 Å². The first-order chi connectivity index (χ1) is 6.81. The van der Waals surface area contributed by atoms with Gasteiger partial charge in [0.2, 0.25) is 0 Å². The molecular weight excluding hydrogens is 182 g/mol. The number of ether oxygens (including phenoxy) is 1. The number of hydrazine groups is 1. The molecule has 1 fully saturated rings. The molecule has 2 unspecified atom stereocenters. The van der Waals surface area contributed by atoms with Crippen LogP contribution in [-0.4, -0.2) is 35.9 Å². The number of carbonyl (C=O) groups excluding carboxylic acids is 1. The molecule has 2 rings (SSSR count). The van der Waals surface area contributed by atoms with Gasteiger partial charge in [0.1, 0.15) is 6.04 Å². The minimum atomic E-state index is -0.242. The Bertz CT molecular complexity index is 268. The average molecular weight is 195 g/mol. The molecule has 76 valence electrons. The van der Waals surface area contributed by atoms with E-state index in [1.54, 1.807) is 6.20 Å². The number of fused-ring (bicyclic) bond motifs is 1. The van der Waals surface area contributed by atoms with Crippen LogP contribution in [0.25, 0.3) is 0 Å². The molecule has 0 saturated carbocycles. The van der Waals surface area contributed by atoms with Crippen molar-refractivity contribution in [2.24, 2.45) is 4.99 Å². The monoisotopic (exact) mass is 195 g/mol. The number of carbonyl (C=O) groups is 1. The minimum Gasteiger partial charge on any atom is -0.465 e. The molecule has 0 aromatic carbocycles. The molecule has 0 aromatic heterocycles. The van der Waals surface area contributed by atoms with Crippen LogP contribution in [0.15, 0.2) is 17.4 Å². The summed E-state index contributed by atoms with van der Waals surface area (Å²) in [6, 6.07) is -0.0662. The van der Waals surface area contributed by atoms with Crippen molar-refractivity contribution in [1.29, 1.82) is 0 Å². The lowest BCUT2D eigenvalue weighted by Gasteiger charge is -2.20. The van der Waals surface area contributed by atoms with Gasteiger partial charge in [-0.2, -0.15) is 0 Å². The van der Waals surface area contributed by atoms with Gasteiger partial charge in [0.15, 0.2) is 0 Å². The highest BCUT2D eigenvalue weighted by Gasteiger charge is 2.34. The Balaban J connectivity index is 1.97. The predicted octanol–water partition coefficient (Wildman–Crippen LogP) is 0.0526. The Morgan fingerprint density at radius 2 is 2.64 bits per heavy atom. The SMILES string of the molecule is CCOC(=O)C1CC2C=NC=CN2N1. The summed E-state index contributed by atoms with van der Waals surface area (Å²) in [6.07, 6.45) is 6.06. The fourth-order valence-electron chi connectivity index (χ4n) is 1.62. The van der Waals surface area contributed by atoms with Crippen LogP contribution in [0.5, 0.6) is 0 Å². The molecule has 2 aliphatic rings. The van der Waals surface area contributed by atoms with E-state index in [4.69, 9.17) is 4.74 Å². The van der Waals surface area contributed by atoms with Crippen molar-refractivity contribution < 1.29 is 9.53 Å². The molecular formula is C9H13N3O2. The topological polar surface area (TPSA) is 53.9 Å². The van der Waals surface area contributed by atoms with Crippen LogP contribution in [-0.2, 0) is 9.53 Å². The molecule has 2 aliphatic heterocycles. The second-order valence-electron chi connectivity index (χ2n) is 3.24. The molecule has 14 heavy (non-hydrogen) atoms. The Morgan fingerprint density at radius 1 is 1.79 bits per heavy atom. The fourth-order valence-corrected chi connectivity index (χ4v) is 1.62. The second-order valence-corrected chi connectivity index (χ2v) is 3.24. The molecule has 0 aliphatic carbocycles. The van der Waals surface area contributed by atoms with Crippen molar-refractivity contribution in [2.45, 2.75) is 25.4 Å². The van der Waals surface area contributed by atoms with Crippen LogP contribution in [0.1, 0.15) is 13.3 Å². The summed E-state index contributed by atoms with van der Waals surface area (Å²) in [5, 5.41) is 1.88. The summed E-state index contributed by atoms with van der Waals surface area (Å²) in [6.45, 7) is 2.23. The number of aliphatic imine (C=N–C) groups is 1. The first-order valence-electron chi connectivity index (χ1n) is 4.72. The number of nitrogens with one attached hydrogen (secondary N) is 1. The van der Waals surface area contributed by atoms with Gasteiger partial charge in [-0.3, -0.25) is 9.79 Å². The Labute approximate surface area is 82.4 Å². The van der Waals surface area contributed by atoms with E-state index in [9.17, 15) is 4.79 Å². The first kappa shape index (κ1) is 9.21. The summed E-state index contributed by atoms with van der Waals surface area (Å²) >= 11 is 0. The van der Waals surface area contributed by atoms with Gasteiger partial charge in [-0.15, -0.1) is 0 Å². The predicted molar refractivity (Wildman–Crippen MR) is 51.4 cm³/mol. The second kappa shape index (κ2) is 3.79. The van der Waals surface area contributed by atoms with E-state index in [2.05, 4.69) is 10.4 Å². The molecule has 0 radical (unpaired) electrons. The quantitative estimate of drug-likeness (QED) is 0.633. The van der Waals surface area contributed by atoms with Gasteiger partial charge in [0.05, 0.1) is 12.6 Å². The number of hydrogen-bond acceptors (Lipinski definition) is 5. The van der Waals surface area contributed by atoms with E-state index in [0.717, 1.165) is 0 Å². The molecule has 5 heteroatoms. The molecule has 0 spiro atoms. The van der Waals surface area contributed by atoms with Gasteiger partial charge in [-0.25, -0.2) is 5.43 Å². The van der Waals surface area contributed by atoms with E-state index in [1.807, 2.05) is 24.3 Å². The largest absolute Gasteiger partial charge is 0.465 e. The normalized spacial score (nSPS) is 29.1. The Morgan fingerprint density at radius 3 is 3.36 bits per heavy atom. The first-order valence-corrected chi connectivity index (χ1v) is 4.72. The van der Waals surface area contributed by atoms with Crippen LogP contribution >= 0.6 is 0 Å². The number of hydrogen-bond donors (Lipinski definition) is 1. The smallest absolute Gasteiger partial charge is 0.325 e. The Kier molecular flexibility index (Phi) is 2.49. The number of rotatable bonds is 2. The van der Waals surface area contributed by atoms with Gasteiger partial charge < -0.3 is 9.75 Å². The van der Waals surface area contributed by atoms with Crippen LogP contribution in [0.3, 0.4) is 0 Å². The average Bonchev–Trinajstić information content (AvgIpc) is 2.61. The molecule has 2 atom stereocenters. The van der Waals surface area contributed by atoms with Crippen LogP contribution in [0.4, 0.5) is 0 Å². The maximum absolute atomic E-state index is 11.4. The molecule has 0 bridgehead atoms. The molecule has 2 heterocycles. The third-order valence-corrected chi connectivity index (χ3v) is 2.28. The van der Waals surface area contributed by atoms with Crippen molar-refractivity contribution >= 4 is 12.2 Å². The zero-order valence-electron chi connectivity index (χ0n) is 8.01. The summed E-state index contributed by atoms with van der Waals surface area (Å²) < 4.78 is 4.94. The van der Waals surface area contributed by atoms with Crippen molar-refractivity contribution in [1.82, 2.24) is 10.4 Å². The zero-order valence-corrected chi connectivity index (χ0v) is 8.01. The van der Waals surface area contributed by atoms with Gasteiger partial charge in [-0.1, -0.05) is 0 Å². The molecule has 5 nitrogen and oxygen atoms in total. The molecule has 0 amide bonds. The highest BCUT2D eigenvalue weighted by molar-refractivity contribution is 5.78. The third-order valence-electron chi connectivity index (χ3n) is 2.28. The van der Waals surface area contributed by atoms with Crippen molar-refractivity contribution in [3.8, 4) is 0 Å². The maximum Gasteiger partial charge on any atom is 0.325 e. The molecule has 1 N–H and O–H groups in total. The van der Waals surface area contributed by atoms with Crippen LogP contribution < -0.4 is 5.43 Å². The van der Waals surface area contributed by atoms with E-state index in [1.165, 1.54) is 0 Å². The molecule has 0 aromatic rings. The van der Waals surface area contributed by atoms with Gasteiger partial charge in [0.25, 0.3) is 0 Å². The van der Waals surface area contributed by atoms with Gasteiger partial charge in [-0.05, 0) is 6.92 Å². The number of esters is 1. The van der Waals surface area contributed by atoms with Crippen LogP contribution in [0.2, 0.25) is 0 Å². The minimum absolute atomic E-state index is 0.175. The highest BCUT2D eigenvalue weighted by atomic mass is 16.5. The lowest BCUT2D eigenvalue weighted by atomic mass is 10.1. The lowest BCUT2D eigenvalue weighted by Crippen LogP contribution is -2.39. The fraction of sp³-hybridized carbons (Fsp3) is 0.556. The van der Waals surface area contributed by atoms with E-state index in [-0.39, 0.29) is 18.1 Å². The summed E-state index contributed by atoms with van der Waals surface area (Å²) in [7, 11) is 0. The zero-order chi connectivity index (χ0) is 9.97. The standard InChI is InChI=1S/C9H13N3O2/c1-2-14-9(13)8-5-7-6-10-3-4-12(7)11-8/h3-4,6-8,11H,2,5H2,1H3. The number of nitrogens with zero attached hydrogens (tertiary/aromatic N) is 2. The summed E-state index contributed by atoms with van der Waals surface area (Å²) in [5.41, 5.74) is 3.06. The van der Waals surface area contributed by atoms with Crippen LogP contribution in [0, 0.1) is 0 Å². The highest BCUT2D eigenvalue weighted by Crippen LogP contribution is 2.16.